The van der Waals surface area contributed by atoms with E-state index >= 15 is 0 Å². The summed E-state index contributed by atoms with van der Waals surface area (Å²) < 4.78 is 1.99. The van der Waals surface area contributed by atoms with E-state index in [-0.39, 0.29) is 12.5 Å². The van der Waals surface area contributed by atoms with Crippen molar-refractivity contribution < 1.29 is 9.90 Å². The van der Waals surface area contributed by atoms with Gasteiger partial charge in [0, 0.05) is 34.2 Å². The fourth-order valence-electron chi connectivity index (χ4n) is 3.74. The van der Waals surface area contributed by atoms with E-state index in [9.17, 15) is 9.90 Å². The van der Waals surface area contributed by atoms with Gasteiger partial charge in [0.1, 0.15) is 0 Å². The normalized spacial score (nSPS) is 12.3. The third-order valence-electron chi connectivity index (χ3n) is 5.37. The molecule has 0 saturated heterocycles. The summed E-state index contributed by atoms with van der Waals surface area (Å²) in [6.45, 7) is 0.0982. The first-order valence-corrected chi connectivity index (χ1v) is 10.2. The van der Waals surface area contributed by atoms with E-state index in [0.717, 1.165) is 27.5 Å². The van der Waals surface area contributed by atoms with Gasteiger partial charge in [-0.05, 0) is 42.0 Å². The second-order valence-corrected chi connectivity index (χ2v) is 7.79. The Balaban J connectivity index is 1.44. The molecular weight excluding hydrogens is 412 g/mol. The molecule has 0 saturated carbocycles. The Kier molecular flexibility index (Phi) is 4.94. The van der Waals surface area contributed by atoms with Crippen LogP contribution in [0.25, 0.3) is 27.5 Å². The molecule has 2 aromatic heterocycles. The average Bonchev–Trinajstić information content (AvgIpc) is 3.42. The number of aliphatic hydroxyl groups excluding tert-OH is 1. The van der Waals surface area contributed by atoms with Gasteiger partial charge < -0.3 is 15.0 Å². The molecule has 0 spiro atoms. The van der Waals surface area contributed by atoms with E-state index in [1.807, 2.05) is 53.2 Å². The maximum Gasteiger partial charge on any atom is 0.253 e. The SMILES string of the molecule is O=C(NCC(O)c1ccc(Cl)cc1)c1cn(-c2ccc3[nH]ncc3c2)c2ccccc12. The minimum Gasteiger partial charge on any atom is -0.387 e. The maximum absolute atomic E-state index is 13.0. The Morgan fingerprint density at radius 1 is 1.13 bits per heavy atom. The Labute approximate surface area is 183 Å². The molecule has 2 heterocycles. The summed E-state index contributed by atoms with van der Waals surface area (Å²) in [6.07, 6.45) is 2.78. The predicted molar refractivity (Wildman–Crippen MR) is 122 cm³/mol. The number of aromatic amines is 1. The zero-order valence-electron chi connectivity index (χ0n) is 16.4. The van der Waals surface area contributed by atoms with E-state index in [1.165, 1.54) is 0 Å². The lowest BCUT2D eigenvalue weighted by Gasteiger charge is -2.12. The fraction of sp³-hybridized carbons (Fsp3) is 0.0833. The number of para-hydroxylation sites is 1. The van der Waals surface area contributed by atoms with Gasteiger partial charge in [-0.1, -0.05) is 41.9 Å². The number of carbonyl (C=O) groups is 1. The minimum atomic E-state index is -0.821. The second kappa shape index (κ2) is 7.91. The van der Waals surface area contributed by atoms with Gasteiger partial charge in [-0.15, -0.1) is 0 Å². The van der Waals surface area contributed by atoms with E-state index in [2.05, 4.69) is 15.5 Å². The molecule has 0 aliphatic rings. The molecule has 1 atom stereocenters. The highest BCUT2D eigenvalue weighted by molar-refractivity contribution is 6.30. The van der Waals surface area contributed by atoms with Gasteiger partial charge in [0.05, 0.1) is 28.9 Å². The van der Waals surface area contributed by atoms with Crippen LogP contribution in [-0.4, -0.2) is 32.3 Å². The molecule has 3 N–H and O–H groups in total. The molecule has 0 bridgehead atoms. The summed E-state index contributed by atoms with van der Waals surface area (Å²) in [5, 5.41) is 22.7. The van der Waals surface area contributed by atoms with Crippen LogP contribution in [0.5, 0.6) is 0 Å². The number of nitrogens with one attached hydrogen (secondary N) is 2. The highest BCUT2D eigenvalue weighted by Crippen LogP contribution is 2.26. The van der Waals surface area contributed by atoms with Crippen LogP contribution in [0, 0.1) is 0 Å². The van der Waals surface area contributed by atoms with E-state index < -0.39 is 6.10 Å². The summed E-state index contributed by atoms with van der Waals surface area (Å²) in [5.74, 6) is -0.243. The fourth-order valence-corrected chi connectivity index (χ4v) is 3.87. The summed E-state index contributed by atoms with van der Waals surface area (Å²) in [4.78, 5) is 13.0. The van der Waals surface area contributed by atoms with Crippen molar-refractivity contribution >= 4 is 39.3 Å². The van der Waals surface area contributed by atoms with Crippen LogP contribution in [0.1, 0.15) is 22.0 Å². The Bertz CT molecular complexity index is 1390. The van der Waals surface area contributed by atoms with Crippen LogP contribution < -0.4 is 5.32 Å². The zero-order chi connectivity index (χ0) is 21.4. The Morgan fingerprint density at radius 3 is 2.77 bits per heavy atom. The molecule has 0 aliphatic carbocycles. The number of aliphatic hydroxyl groups is 1. The lowest BCUT2D eigenvalue weighted by Crippen LogP contribution is -2.28. The molecule has 1 amide bonds. The molecule has 5 rings (SSSR count). The smallest absolute Gasteiger partial charge is 0.253 e. The van der Waals surface area contributed by atoms with Gasteiger partial charge in [-0.2, -0.15) is 5.10 Å². The highest BCUT2D eigenvalue weighted by Gasteiger charge is 2.17. The van der Waals surface area contributed by atoms with E-state index in [4.69, 9.17) is 11.6 Å². The molecule has 154 valence electrons. The first kappa shape index (κ1) is 19.4. The number of hydrogen-bond donors (Lipinski definition) is 3. The number of H-pyrrole nitrogens is 1. The van der Waals surface area contributed by atoms with Crippen molar-refractivity contribution in [1.82, 2.24) is 20.1 Å². The molecule has 5 aromatic rings. The number of fused-ring (bicyclic) bond motifs is 2. The summed E-state index contributed by atoms with van der Waals surface area (Å²) in [5.41, 5.74) is 4.06. The van der Waals surface area contributed by atoms with E-state index in [0.29, 0.717) is 16.1 Å². The van der Waals surface area contributed by atoms with Crippen LogP contribution in [0.2, 0.25) is 5.02 Å². The van der Waals surface area contributed by atoms with Crippen LogP contribution in [0.3, 0.4) is 0 Å². The largest absolute Gasteiger partial charge is 0.387 e. The van der Waals surface area contributed by atoms with Gasteiger partial charge in [0.25, 0.3) is 5.91 Å². The molecule has 0 fully saturated rings. The maximum atomic E-state index is 13.0. The number of rotatable bonds is 5. The van der Waals surface area contributed by atoms with Crippen LogP contribution in [0.15, 0.2) is 79.1 Å². The molecule has 31 heavy (non-hydrogen) atoms. The second-order valence-electron chi connectivity index (χ2n) is 7.35. The Morgan fingerprint density at radius 2 is 1.94 bits per heavy atom. The first-order valence-electron chi connectivity index (χ1n) is 9.85. The van der Waals surface area contributed by atoms with Crippen molar-refractivity contribution in [2.45, 2.75) is 6.10 Å². The topological polar surface area (TPSA) is 82.9 Å². The third kappa shape index (κ3) is 3.67. The molecule has 3 aromatic carbocycles. The first-order chi connectivity index (χ1) is 15.1. The monoisotopic (exact) mass is 430 g/mol. The third-order valence-corrected chi connectivity index (χ3v) is 5.62. The van der Waals surface area contributed by atoms with Crippen LogP contribution in [0.4, 0.5) is 0 Å². The Hall–Kier alpha value is -3.61. The molecule has 0 radical (unpaired) electrons. The molecule has 7 heteroatoms. The van der Waals surface area contributed by atoms with Crippen LogP contribution in [-0.2, 0) is 0 Å². The van der Waals surface area contributed by atoms with Crippen molar-refractivity contribution in [3.8, 4) is 5.69 Å². The zero-order valence-corrected chi connectivity index (χ0v) is 17.2. The van der Waals surface area contributed by atoms with Gasteiger partial charge in [0.2, 0.25) is 0 Å². The number of hydrogen-bond acceptors (Lipinski definition) is 3. The number of amides is 1. The van der Waals surface area contributed by atoms with Crippen LogP contribution >= 0.6 is 11.6 Å². The summed E-state index contributed by atoms with van der Waals surface area (Å²) in [7, 11) is 0. The lowest BCUT2D eigenvalue weighted by molar-refractivity contribution is 0.0918. The molecular formula is C24H19ClN4O2. The minimum absolute atomic E-state index is 0.0982. The predicted octanol–water partition coefficient (Wildman–Crippen LogP) is 4.62. The molecule has 1 unspecified atom stereocenters. The number of halogens is 1. The number of carbonyl (C=O) groups excluding carboxylic acids is 1. The van der Waals surface area contributed by atoms with Crippen molar-refractivity contribution in [3.05, 3.63) is 95.3 Å². The van der Waals surface area contributed by atoms with Gasteiger partial charge in [0.15, 0.2) is 0 Å². The number of benzene rings is 3. The van der Waals surface area contributed by atoms with Crippen molar-refractivity contribution in [3.63, 3.8) is 0 Å². The van der Waals surface area contributed by atoms with Crippen molar-refractivity contribution in [2.24, 2.45) is 0 Å². The van der Waals surface area contributed by atoms with Gasteiger partial charge in [-0.3, -0.25) is 9.89 Å². The number of aromatic nitrogens is 3. The average molecular weight is 431 g/mol. The molecule has 6 nitrogen and oxygen atoms in total. The standard InChI is InChI=1S/C24H19ClN4O2/c25-17-7-5-15(6-8-17)23(30)13-26-24(31)20-14-29(22-4-2-1-3-19(20)22)18-9-10-21-16(11-18)12-27-28-21/h1-12,14,23,30H,13H2,(H,26,31)(H,27,28). The summed E-state index contributed by atoms with van der Waals surface area (Å²) >= 11 is 5.90. The van der Waals surface area contributed by atoms with Gasteiger partial charge >= 0.3 is 0 Å². The summed E-state index contributed by atoms with van der Waals surface area (Å²) in [6, 6.07) is 20.7. The van der Waals surface area contributed by atoms with E-state index in [1.54, 1.807) is 30.5 Å². The van der Waals surface area contributed by atoms with Crippen molar-refractivity contribution in [1.29, 1.82) is 0 Å². The van der Waals surface area contributed by atoms with Gasteiger partial charge in [-0.25, -0.2) is 0 Å². The quantitative estimate of drug-likeness (QED) is 0.380. The number of nitrogens with zero attached hydrogens (tertiary/aromatic N) is 2. The highest BCUT2D eigenvalue weighted by atomic mass is 35.5. The lowest BCUT2D eigenvalue weighted by atomic mass is 10.1. The molecule has 0 aliphatic heterocycles. The van der Waals surface area contributed by atoms with Crippen molar-refractivity contribution in [2.75, 3.05) is 6.54 Å².